The number of carbonyl (C=O) groups excluding carboxylic acids is 3. The van der Waals surface area contributed by atoms with Crippen LogP contribution in [0, 0.1) is 6.92 Å². The zero-order chi connectivity index (χ0) is 19.8. The van der Waals surface area contributed by atoms with E-state index in [0.717, 1.165) is 11.1 Å². The summed E-state index contributed by atoms with van der Waals surface area (Å²) in [5.41, 5.74) is 2.42. The largest absolute Gasteiger partial charge is 0.454 e. The summed E-state index contributed by atoms with van der Waals surface area (Å²) < 4.78 is 4.95. The summed E-state index contributed by atoms with van der Waals surface area (Å²) in [7, 11) is 0. The van der Waals surface area contributed by atoms with Crippen molar-refractivity contribution in [3.8, 4) is 0 Å². The van der Waals surface area contributed by atoms with E-state index in [1.54, 1.807) is 24.3 Å². The summed E-state index contributed by atoms with van der Waals surface area (Å²) in [6, 6.07) is 13.0. The van der Waals surface area contributed by atoms with E-state index in [9.17, 15) is 14.4 Å². The Morgan fingerprint density at radius 3 is 2.41 bits per heavy atom. The highest BCUT2D eigenvalue weighted by Gasteiger charge is 2.19. The maximum atomic E-state index is 12.1. The molecule has 2 amide bonds. The summed E-state index contributed by atoms with van der Waals surface area (Å²) in [5.74, 6) is -1.54. The number of esters is 1. The van der Waals surface area contributed by atoms with Crippen LogP contribution in [-0.2, 0) is 20.9 Å². The lowest BCUT2D eigenvalue weighted by Gasteiger charge is -2.14. The summed E-state index contributed by atoms with van der Waals surface area (Å²) in [4.78, 5) is 35.9. The topological polar surface area (TPSA) is 84.5 Å². The minimum absolute atomic E-state index is 0.353. The number of nitrogens with one attached hydrogen (secondary N) is 2. The van der Waals surface area contributed by atoms with Crippen LogP contribution in [0.3, 0.4) is 0 Å². The molecule has 0 spiro atoms. The Hall–Kier alpha value is -2.86. The molecule has 7 heteroatoms. The van der Waals surface area contributed by atoms with Crippen molar-refractivity contribution in [1.82, 2.24) is 10.6 Å². The predicted octanol–water partition coefficient (Wildman–Crippen LogP) is 2.63. The number of hydrogen-bond acceptors (Lipinski definition) is 4. The molecule has 0 fully saturated rings. The second-order valence-electron chi connectivity index (χ2n) is 6.01. The number of rotatable bonds is 7. The van der Waals surface area contributed by atoms with Gasteiger partial charge in [-0.25, -0.2) is 4.79 Å². The van der Waals surface area contributed by atoms with Gasteiger partial charge in [-0.05, 0) is 49.2 Å². The van der Waals surface area contributed by atoms with Crippen molar-refractivity contribution < 1.29 is 19.1 Å². The standard InChI is InChI=1S/C20H21ClN2O4/c1-13-5-3-4-6-16(13)11-22-18(24)12-27-20(26)14(2)23-19(25)15-7-9-17(21)10-8-15/h3-10,14H,11-12H2,1-2H3,(H,22,24)(H,23,25)/t14-/m0/s1. The molecule has 6 nitrogen and oxygen atoms in total. The molecule has 2 N–H and O–H groups in total. The van der Waals surface area contributed by atoms with Crippen LogP contribution in [-0.4, -0.2) is 30.4 Å². The zero-order valence-corrected chi connectivity index (χ0v) is 15.9. The van der Waals surface area contributed by atoms with Gasteiger partial charge in [-0.2, -0.15) is 0 Å². The Labute approximate surface area is 162 Å². The molecule has 2 aromatic carbocycles. The van der Waals surface area contributed by atoms with Crippen molar-refractivity contribution in [2.75, 3.05) is 6.61 Å². The molecular formula is C20H21ClN2O4. The van der Waals surface area contributed by atoms with Crippen molar-refractivity contribution in [2.24, 2.45) is 0 Å². The Balaban J connectivity index is 1.75. The van der Waals surface area contributed by atoms with E-state index in [1.165, 1.54) is 6.92 Å². The van der Waals surface area contributed by atoms with Crippen molar-refractivity contribution >= 4 is 29.4 Å². The molecule has 0 bridgehead atoms. The van der Waals surface area contributed by atoms with E-state index >= 15 is 0 Å². The van der Waals surface area contributed by atoms with Gasteiger partial charge in [0, 0.05) is 17.1 Å². The number of hydrogen-bond donors (Lipinski definition) is 2. The molecule has 0 saturated heterocycles. The lowest BCUT2D eigenvalue weighted by atomic mass is 10.1. The van der Waals surface area contributed by atoms with Gasteiger partial charge in [0.2, 0.25) is 0 Å². The third kappa shape index (κ3) is 6.42. The Morgan fingerprint density at radius 1 is 1.07 bits per heavy atom. The van der Waals surface area contributed by atoms with Gasteiger partial charge in [0.25, 0.3) is 11.8 Å². The van der Waals surface area contributed by atoms with Gasteiger partial charge in [-0.1, -0.05) is 35.9 Å². The number of aryl methyl sites for hydroxylation is 1. The maximum Gasteiger partial charge on any atom is 0.328 e. The molecule has 0 aromatic heterocycles. The Kier molecular flexibility index (Phi) is 7.37. The van der Waals surface area contributed by atoms with E-state index in [-0.39, 0.29) is 0 Å². The zero-order valence-electron chi connectivity index (χ0n) is 15.1. The lowest BCUT2D eigenvalue weighted by molar-refractivity contribution is -0.150. The molecule has 2 aromatic rings. The number of benzene rings is 2. The van der Waals surface area contributed by atoms with Gasteiger partial charge in [0.05, 0.1) is 0 Å². The molecule has 1 atom stereocenters. The van der Waals surface area contributed by atoms with E-state index in [0.29, 0.717) is 17.1 Å². The van der Waals surface area contributed by atoms with Crippen LogP contribution in [0.2, 0.25) is 5.02 Å². The van der Waals surface area contributed by atoms with Gasteiger partial charge < -0.3 is 15.4 Å². The minimum atomic E-state index is -0.891. The molecule has 27 heavy (non-hydrogen) atoms. The molecule has 0 aliphatic carbocycles. The smallest absolute Gasteiger partial charge is 0.328 e. The summed E-state index contributed by atoms with van der Waals surface area (Å²) >= 11 is 5.77. The molecule has 142 valence electrons. The molecular weight excluding hydrogens is 368 g/mol. The Bertz CT molecular complexity index is 821. The SMILES string of the molecule is Cc1ccccc1CNC(=O)COC(=O)[C@H](C)NC(=O)c1ccc(Cl)cc1. The quantitative estimate of drug-likeness (QED) is 0.714. The number of carbonyl (C=O) groups is 3. The molecule has 0 unspecified atom stereocenters. The highest BCUT2D eigenvalue weighted by atomic mass is 35.5. The van der Waals surface area contributed by atoms with Crippen molar-refractivity contribution in [3.63, 3.8) is 0 Å². The van der Waals surface area contributed by atoms with Gasteiger partial charge >= 0.3 is 5.97 Å². The lowest BCUT2D eigenvalue weighted by Crippen LogP contribution is -2.40. The first-order valence-electron chi connectivity index (χ1n) is 8.41. The third-order valence-electron chi connectivity index (χ3n) is 3.89. The summed E-state index contributed by atoms with van der Waals surface area (Å²) in [6.45, 7) is 3.38. The highest BCUT2D eigenvalue weighted by Crippen LogP contribution is 2.09. The van der Waals surface area contributed by atoms with Crippen LogP contribution in [0.1, 0.15) is 28.4 Å². The monoisotopic (exact) mass is 388 g/mol. The fourth-order valence-electron chi connectivity index (χ4n) is 2.26. The fraction of sp³-hybridized carbons (Fsp3) is 0.250. The normalized spacial score (nSPS) is 11.4. The van der Waals surface area contributed by atoms with Crippen LogP contribution in [0.25, 0.3) is 0 Å². The van der Waals surface area contributed by atoms with Crippen molar-refractivity contribution in [3.05, 3.63) is 70.2 Å². The second-order valence-corrected chi connectivity index (χ2v) is 6.45. The van der Waals surface area contributed by atoms with Gasteiger partial charge in [-0.15, -0.1) is 0 Å². The minimum Gasteiger partial charge on any atom is -0.454 e. The van der Waals surface area contributed by atoms with Crippen LogP contribution >= 0.6 is 11.6 Å². The van der Waals surface area contributed by atoms with Gasteiger partial charge in [0.15, 0.2) is 6.61 Å². The first-order valence-corrected chi connectivity index (χ1v) is 8.79. The van der Waals surface area contributed by atoms with Crippen LogP contribution in [0.4, 0.5) is 0 Å². The average molecular weight is 389 g/mol. The summed E-state index contributed by atoms with van der Waals surface area (Å²) in [5, 5.41) is 5.72. The molecule has 0 saturated carbocycles. The van der Waals surface area contributed by atoms with Crippen molar-refractivity contribution in [1.29, 1.82) is 0 Å². The molecule has 2 rings (SSSR count). The second kappa shape index (κ2) is 9.73. The molecule has 0 radical (unpaired) electrons. The van der Waals surface area contributed by atoms with E-state index < -0.39 is 30.4 Å². The van der Waals surface area contributed by atoms with E-state index in [1.807, 2.05) is 31.2 Å². The molecule has 0 aliphatic rings. The molecule has 0 heterocycles. The summed E-state index contributed by atoms with van der Waals surface area (Å²) in [6.07, 6.45) is 0. The number of amides is 2. The van der Waals surface area contributed by atoms with Crippen LogP contribution in [0.5, 0.6) is 0 Å². The fourth-order valence-corrected chi connectivity index (χ4v) is 2.38. The van der Waals surface area contributed by atoms with Crippen LogP contribution < -0.4 is 10.6 Å². The number of halogens is 1. The van der Waals surface area contributed by atoms with E-state index in [4.69, 9.17) is 16.3 Å². The third-order valence-corrected chi connectivity index (χ3v) is 4.14. The molecule has 0 aliphatic heterocycles. The predicted molar refractivity (Wildman–Crippen MR) is 102 cm³/mol. The maximum absolute atomic E-state index is 12.1. The first-order chi connectivity index (χ1) is 12.9. The highest BCUT2D eigenvalue weighted by molar-refractivity contribution is 6.30. The Morgan fingerprint density at radius 2 is 1.74 bits per heavy atom. The van der Waals surface area contributed by atoms with Crippen molar-refractivity contribution in [2.45, 2.75) is 26.4 Å². The van der Waals surface area contributed by atoms with Gasteiger partial charge in [0.1, 0.15) is 6.04 Å². The number of ether oxygens (including phenoxy) is 1. The average Bonchev–Trinajstić information content (AvgIpc) is 2.65. The van der Waals surface area contributed by atoms with E-state index in [2.05, 4.69) is 10.6 Å². The van der Waals surface area contributed by atoms with Gasteiger partial charge in [-0.3, -0.25) is 9.59 Å². The first kappa shape index (κ1) is 20.5. The van der Waals surface area contributed by atoms with Crippen LogP contribution in [0.15, 0.2) is 48.5 Å².